The molecule has 3 rings (SSSR count). The third kappa shape index (κ3) is 5.08. The molecule has 1 N–H and O–H groups in total. The SMILES string of the molecule is COc1ccc(C(Cc2ccccc2)N(C)C(=S)Nc2ccccc2)cc1. The Bertz CT molecular complexity index is 851. The molecule has 0 amide bonds. The molecule has 4 heteroatoms. The maximum Gasteiger partial charge on any atom is 0.173 e. The van der Waals surface area contributed by atoms with Crippen LogP contribution in [0, 0.1) is 0 Å². The smallest absolute Gasteiger partial charge is 0.173 e. The summed E-state index contributed by atoms with van der Waals surface area (Å²) in [7, 11) is 3.72. The van der Waals surface area contributed by atoms with E-state index in [1.54, 1.807) is 7.11 Å². The lowest BCUT2D eigenvalue weighted by Crippen LogP contribution is -2.35. The van der Waals surface area contributed by atoms with Crippen molar-refractivity contribution in [3.05, 3.63) is 96.1 Å². The molecular weight excluding hydrogens is 352 g/mol. The molecule has 1 unspecified atom stereocenters. The molecule has 0 saturated carbocycles. The molecule has 0 aliphatic rings. The standard InChI is InChI=1S/C23H24N2OS/c1-25(23(27)24-20-11-7-4-8-12-20)22(17-18-9-5-3-6-10-18)19-13-15-21(26-2)16-14-19/h3-16,22H,17H2,1-2H3,(H,24,27). The monoisotopic (exact) mass is 376 g/mol. The first-order valence-electron chi connectivity index (χ1n) is 8.94. The van der Waals surface area contributed by atoms with Crippen LogP contribution in [-0.4, -0.2) is 24.2 Å². The van der Waals surface area contributed by atoms with Gasteiger partial charge in [0.15, 0.2) is 5.11 Å². The molecule has 0 radical (unpaired) electrons. The van der Waals surface area contributed by atoms with Gasteiger partial charge in [0.05, 0.1) is 13.2 Å². The van der Waals surface area contributed by atoms with E-state index >= 15 is 0 Å². The Kier molecular flexibility index (Phi) is 6.44. The highest BCUT2D eigenvalue weighted by Crippen LogP contribution is 2.27. The summed E-state index contributed by atoms with van der Waals surface area (Å²) in [5.41, 5.74) is 3.45. The Morgan fingerprint density at radius 1 is 0.926 bits per heavy atom. The number of rotatable bonds is 6. The van der Waals surface area contributed by atoms with E-state index in [0.717, 1.165) is 17.9 Å². The summed E-state index contributed by atoms with van der Waals surface area (Å²) in [6.45, 7) is 0. The molecule has 0 aliphatic heterocycles. The Labute approximate surface area is 166 Å². The molecule has 3 aromatic carbocycles. The molecule has 1 atom stereocenters. The summed E-state index contributed by atoms with van der Waals surface area (Å²) in [6.07, 6.45) is 0.861. The van der Waals surface area contributed by atoms with E-state index in [-0.39, 0.29) is 6.04 Å². The molecule has 0 bridgehead atoms. The van der Waals surface area contributed by atoms with E-state index in [2.05, 4.69) is 46.6 Å². The van der Waals surface area contributed by atoms with Crippen LogP contribution in [-0.2, 0) is 6.42 Å². The van der Waals surface area contributed by atoms with Crippen molar-refractivity contribution < 1.29 is 4.74 Å². The van der Waals surface area contributed by atoms with Gasteiger partial charge in [0.25, 0.3) is 0 Å². The summed E-state index contributed by atoms with van der Waals surface area (Å²) in [5, 5.41) is 4.03. The topological polar surface area (TPSA) is 24.5 Å². The second-order valence-electron chi connectivity index (χ2n) is 6.39. The number of anilines is 1. The van der Waals surface area contributed by atoms with Crippen molar-refractivity contribution in [2.45, 2.75) is 12.5 Å². The number of nitrogens with one attached hydrogen (secondary N) is 1. The minimum Gasteiger partial charge on any atom is -0.497 e. The third-order valence-electron chi connectivity index (χ3n) is 4.59. The lowest BCUT2D eigenvalue weighted by Gasteiger charge is -2.31. The number of hydrogen-bond donors (Lipinski definition) is 1. The number of benzene rings is 3. The zero-order valence-electron chi connectivity index (χ0n) is 15.6. The van der Waals surface area contributed by atoms with Gasteiger partial charge in [0.1, 0.15) is 5.75 Å². The van der Waals surface area contributed by atoms with Crippen molar-refractivity contribution in [3.63, 3.8) is 0 Å². The molecule has 0 aromatic heterocycles. The maximum atomic E-state index is 5.69. The zero-order valence-corrected chi connectivity index (χ0v) is 16.4. The summed E-state index contributed by atoms with van der Waals surface area (Å²) in [4.78, 5) is 2.12. The second kappa shape index (κ2) is 9.19. The molecule has 138 valence electrons. The first-order valence-corrected chi connectivity index (χ1v) is 9.35. The van der Waals surface area contributed by atoms with Crippen molar-refractivity contribution >= 4 is 23.0 Å². The number of thiocarbonyl (C=S) groups is 1. The van der Waals surface area contributed by atoms with Gasteiger partial charge in [-0.1, -0.05) is 60.7 Å². The second-order valence-corrected chi connectivity index (χ2v) is 6.77. The Balaban J connectivity index is 1.84. The number of ether oxygens (including phenoxy) is 1. The van der Waals surface area contributed by atoms with Crippen molar-refractivity contribution in [3.8, 4) is 5.75 Å². The largest absolute Gasteiger partial charge is 0.497 e. The molecule has 0 aliphatic carbocycles. The van der Waals surface area contributed by atoms with Crippen LogP contribution < -0.4 is 10.1 Å². The van der Waals surface area contributed by atoms with Crippen LogP contribution >= 0.6 is 12.2 Å². The fourth-order valence-corrected chi connectivity index (χ4v) is 3.26. The van der Waals surface area contributed by atoms with Gasteiger partial charge in [0.2, 0.25) is 0 Å². The van der Waals surface area contributed by atoms with Gasteiger partial charge < -0.3 is 15.0 Å². The normalized spacial score (nSPS) is 11.5. The average Bonchev–Trinajstić information content (AvgIpc) is 2.73. The Hall–Kier alpha value is -2.85. The molecule has 0 fully saturated rings. The Morgan fingerprint density at radius 3 is 2.11 bits per heavy atom. The van der Waals surface area contributed by atoms with Crippen LogP contribution in [0.25, 0.3) is 0 Å². The quantitative estimate of drug-likeness (QED) is 0.590. The van der Waals surface area contributed by atoms with Crippen LogP contribution in [0.15, 0.2) is 84.9 Å². The molecule has 0 saturated heterocycles. The number of hydrogen-bond acceptors (Lipinski definition) is 2. The summed E-state index contributed by atoms with van der Waals surface area (Å²) in [5.74, 6) is 0.852. The third-order valence-corrected chi connectivity index (χ3v) is 4.98. The maximum absolute atomic E-state index is 5.69. The van der Waals surface area contributed by atoms with Crippen molar-refractivity contribution in [1.82, 2.24) is 4.90 Å². The molecule has 27 heavy (non-hydrogen) atoms. The van der Waals surface area contributed by atoms with E-state index < -0.39 is 0 Å². The van der Waals surface area contributed by atoms with Crippen LogP contribution in [0.3, 0.4) is 0 Å². The Morgan fingerprint density at radius 2 is 1.52 bits per heavy atom. The number of methoxy groups -OCH3 is 1. The summed E-state index contributed by atoms with van der Waals surface area (Å²) in [6, 6.07) is 28.8. The van der Waals surface area contributed by atoms with Gasteiger partial charge in [-0.05, 0) is 54.0 Å². The minimum absolute atomic E-state index is 0.113. The van der Waals surface area contributed by atoms with E-state index in [0.29, 0.717) is 5.11 Å². The van der Waals surface area contributed by atoms with Crippen LogP contribution in [0.1, 0.15) is 17.2 Å². The van der Waals surface area contributed by atoms with Crippen LogP contribution in [0.5, 0.6) is 5.75 Å². The molecule has 3 aromatic rings. The van der Waals surface area contributed by atoms with Crippen LogP contribution in [0.2, 0.25) is 0 Å². The molecular formula is C23H24N2OS. The first kappa shape index (κ1) is 18.9. The van der Waals surface area contributed by atoms with Crippen molar-refractivity contribution in [1.29, 1.82) is 0 Å². The predicted octanol–water partition coefficient (Wildman–Crippen LogP) is 5.31. The number of nitrogens with zero attached hydrogens (tertiary/aromatic N) is 1. The highest BCUT2D eigenvalue weighted by atomic mass is 32.1. The summed E-state index contributed by atoms with van der Waals surface area (Å²) >= 11 is 5.69. The highest BCUT2D eigenvalue weighted by molar-refractivity contribution is 7.80. The van der Waals surface area contributed by atoms with E-state index in [4.69, 9.17) is 17.0 Å². The molecule has 0 heterocycles. The van der Waals surface area contributed by atoms with E-state index in [1.807, 2.05) is 55.6 Å². The van der Waals surface area contributed by atoms with Gasteiger partial charge in [-0.15, -0.1) is 0 Å². The average molecular weight is 377 g/mol. The van der Waals surface area contributed by atoms with E-state index in [1.165, 1.54) is 11.1 Å². The number of para-hydroxylation sites is 1. The zero-order chi connectivity index (χ0) is 19.1. The minimum atomic E-state index is 0.113. The number of likely N-dealkylation sites (N-methyl/N-ethyl adjacent to an activating group) is 1. The fourth-order valence-electron chi connectivity index (χ4n) is 3.02. The molecule has 3 nitrogen and oxygen atoms in total. The first-order chi connectivity index (χ1) is 13.2. The van der Waals surface area contributed by atoms with Crippen molar-refractivity contribution in [2.24, 2.45) is 0 Å². The van der Waals surface area contributed by atoms with E-state index in [9.17, 15) is 0 Å². The van der Waals surface area contributed by atoms with Gasteiger partial charge in [-0.25, -0.2) is 0 Å². The van der Waals surface area contributed by atoms with Crippen molar-refractivity contribution in [2.75, 3.05) is 19.5 Å². The van der Waals surface area contributed by atoms with Crippen LogP contribution in [0.4, 0.5) is 5.69 Å². The van der Waals surface area contributed by atoms with Gasteiger partial charge in [-0.3, -0.25) is 0 Å². The molecule has 0 spiro atoms. The lowest BCUT2D eigenvalue weighted by molar-refractivity contribution is 0.376. The summed E-state index contributed by atoms with van der Waals surface area (Å²) < 4.78 is 5.30. The predicted molar refractivity (Wildman–Crippen MR) is 116 cm³/mol. The lowest BCUT2D eigenvalue weighted by atomic mass is 9.98. The van der Waals surface area contributed by atoms with Gasteiger partial charge in [0, 0.05) is 12.7 Å². The highest BCUT2D eigenvalue weighted by Gasteiger charge is 2.20. The fraction of sp³-hybridized carbons (Fsp3) is 0.174. The van der Waals surface area contributed by atoms with Gasteiger partial charge >= 0.3 is 0 Å². The van der Waals surface area contributed by atoms with Gasteiger partial charge in [-0.2, -0.15) is 0 Å².